The molecule has 5 rings (SSSR count). The third-order valence-corrected chi connectivity index (χ3v) is 7.70. The van der Waals surface area contributed by atoms with Gasteiger partial charge in [-0.1, -0.05) is 34.5 Å². The fourth-order valence-electron chi connectivity index (χ4n) is 4.53. The van der Waals surface area contributed by atoms with E-state index in [2.05, 4.69) is 37.9 Å². The molecular weight excluding hydrogens is 464 g/mol. The molecule has 0 unspecified atom stereocenters. The number of fused-ring (bicyclic) bond motifs is 1. The van der Waals surface area contributed by atoms with Gasteiger partial charge in [0.05, 0.1) is 11.1 Å². The molecule has 30 heavy (non-hydrogen) atoms. The molecule has 6 nitrogen and oxygen atoms in total. The molecule has 2 fully saturated rings. The van der Waals surface area contributed by atoms with Gasteiger partial charge in [-0.2, -0.15) is 0 Å². The van der Waals surface area contributed by atoms with E-state index in [0.717, 1.165) is 66.1 Å². The zero-order valence-corrected chi connectivity index (χ0v) is 19.0. The number of rotatable bonds is 4. The van der Waals surface area contributed by atoms with Crippen LogP contribution in [0.3, 0.4) is 0 Å². The van der Waals surface area contributed by atoms with Gasteiger partial charge in [0.2, 0.25) is 5.91 Å². The van der Waals surface area contributed by atoms with E-state index in [1.54, 1.807) is 16.7 Å². The van der Waals surface area contributed by atoms with Crippen LogP contribution in [-0.2, 0) is 16.8 Å². The van der Waals surface area contributed by atoms with Crippen LogP contribution in [0.4, 0.5) is 0 Å². The Morgan fingerprint density at radius 3 is 2.53 bits per heavy atom. The lowest BCUT2D eigenvalue weighted by atomic mass is 9.63. The van der Waals surface area contributed by atoms with Crippen molar-refractivity contribution >= 4 is 38.1 Å². The smallest absolute Gasteiger partial charge is 0.258 e. The van der Waals surface area contributed by atoms with Gasteiger partial charge >= 0.3 is 0 Å². The average Bonchev–Trinajstić information content (AvgIpc) is 3.18. The Kier molecular flexibility index (Phi) is 5.24. The first-order valence-electron chi connectivity index (χ1n) is 10.3. The lowest BCUT2D eigenvalue weighted by Crippen LogP contribution is -2.56. The summed E-state index contributed by atoms with van der Waals surface area (Å²) in [6.07, 6.45) is 4.73. The molecule has 1 saturated heterocycles. The van der Waals surface area contributed by atoms with Gasteiger partial charge in [0, 0.05) is 54.8 Å². The molecule has 0 atom stereocenters. The van der Waals surface area contributed by atoms with Crippen LogP contribution in [0.5, 0.6) is 0 Å². The number of benzene rings is 1. The van der Waals surface area contributed by atoms with Gasteiger partial charge in [0.1, 0.15) is 0 Å². The Morgan fingerprint density at radius 1 is 1.13 bits per heavy atom. The number of piperazine rings is 1. The van der Waals surface area contributed by atoms with Crippen molar-refractivity contribution in [3.63, 3.8) is 0 Å². The van der Waals surface area contributed by atoms with Crippen LogP contribution in [0, 0.1) is 0 Å². The minimum absolute atomic E-state index is 0.0357. The SMILES string of the molecule is O=C(N1CCN(Cc2cc(=O)n3ccsc3n2)CC1)C1(c2ccc(Br)cc2)CCC1. The van der Waals surface area contributed by atoms with Gasteiger partial charge < -0.3 is 4.90 Å². The number of carbonyl (C=O) groups excluding carboxylic acids is 1. The van der Waals surface area contributed by atoms with Gasteiger partial charge in [0.15, 0.2) is 4.96 Å². The molecule has 2 aliphatic rings. The van der Waals surface area contributed by atoms with E-state index in [9.17, 15) is 9.59 Å². The predicted molar refractivity (Wildman–Crippen MR) is 121 cm³/mol. The molecule has 1 aliphatic carbocycles. The first kappa shape index (κ1) is 19.9. The number of aromatic nitrogens is 2. The van der Waals surface area contributed by atoms with E-state index in [1.807, 2.05) is 22.4 Å². The number of hydrogen-bond acceptors (Lipinski definition) is 5. The Balaban J connectivity index is 1.25. The minimum Gasteiger partial charge on any atom is -0.339 e. The van der Waals surface area contributed by atoms with E-state index in [4.69, 9.17) is 0 Å². The maximum atomic E-state index is 13.5. The first-order chi connectivity index (χ1) is 14.5. The van der Waals surface area contributed by atoms with E-state index in [0.29, 0.717) is 6.54 Å². The Morgan fingerprint density at radius 2 is 1.87 bits per heavy atom. The highest BCUT2D eigenvalue weighted by molar-refractivity contribution is 9.10. The summed E-state index contributed by atoms with van der Waals surface area (Å²) in [4.78, 5) is 35.3. The van der Waals surface area contributed by atoms with Crippen molar-refractivity contribution < 1.29 is 4.79 Å². The van der Waals surface area contributed by atoms with Crippen LogP contribution < -0.4 is 5.56 Å². The van der Waals surface area contributed by atoms with E-state index >= 15 is 0 Å². The third kappa shape index (κ3) is 3.50. The van der Waals surface area contributed by atoms with Crippen LogP contribution >= 0.6 is 27.3 Å². The highest BCUT2D eigenvalue weighted by atomic mass is 79.9. The topological polar surface area (TPSA) is 57.9 Å². The van der Waals surface area contributed by atoms with E-state index < -0.39 is 0 Å². The van der Waals surface area contributed by atoms with Crippen molar-refractivity contribution in [2.45, 2.75) is 31.2 Å². The van der Waals surface area contributed by atoms with E-state index in [-0.39, 0.29) is 16.9 Å². The van der Waals surface area contributed by atoms with Gasteiger partial charge in [-0.05, 0) is 30.5 Å². The molecule has 1 amide bonds. The van der Waals surface area contributed by atoms with Gasteiger partial charge in [0.25, 0.3) is 5.56 Å². The van der Waals surface area contributed by atoms with Gasteiger partial charge in [-0.15, -0.1) is 11.3 Å². The second kappa shape index (κ2) is 7.90. The van der Waals surface area contributed by atoms with Crippen molar-refractivity contribution in [2.75, 3.05) is 26.2 Å². The molecule has 1 aromatic carbocycles. The minimum atomic E-state index is -0.344. The normalized spacial score (nSPS) is 19.0. The summed E-state index contributed by atoms with van der Waals surface area (Å²) >= 11 is 4.96. The maximum Gasteiger partial charge on any atom is 0.258 e. The van der Waals surface area contributed by atoms with Gasteiger partial charge in [-0.25, -0.2) is 4.98 Å². The molecule has 0 spiro atoms. The van der Waals surface area contributed by atoms with Crippen LogP contribution in [0.2, 0.25) is 0 Å². The summed E-state index contributed by atoms with van der Waals surface area (Å²) in [5, 5.41) is 1.87. The Hall–Kier alpha value is -2.03. The van der Waals surface area contributed by atoms with Crippen molar-refractivity contribution in [3.05, 3.63) is 68.0 Å². The lowest BCUT2D eigenvalue weighted by molar-refractivity contribution is -0.142. The van der Waals surface area contributed by atoms with Crippen LogP contribution in [0.1, 0.15) is 30.5 Å². The molecule has 0 bridgehead atoms. The number of halogens is 1. The highest BCUT2D eigenvalue weighted by Gasteiger charge is 2.47. The molecule has 1 saturated carbocycles. The Bertz CT molecular complexity index is 1130. The summed E-state index contributed by atoms with van der Waals surface area (Å²) in [6.45, 7) is 3.68. The van der Waals surface area contributed by atoms with Gasteiger partial charge in [-0.3, -0.25) is 18.9 Å². The monoisotopic (exact) mass is 486 g/mol. The third-order valence-electron chi connectivity index (χ3n) is 6.41. The van der Waals surface area contributed by atoms with Crippen LogP contribution in [-0.4, -0.2) is 51.3 Å². The molecule has 3 aromatic rings. The molecule has 3 heterocycles. The molecule has 0 radical (unpaired) electrons. The fraction of sp³-hybridized carbons (Fsp3) is 0.409. The standard InChI is InChI=1S/C22H23BrN4O2S/c23-17-4-2-16(3-5-17)22(6-1-7-22)20(29)26-10-8-25(9-11-26)15-18-14-19(28)27-12-13-30-21(27)24-18/h2-5,12-14H,1,6-11,15H2. The van der Waals surface area contributed by atoms with Crippen LogP contribution in [0.15, 0.2) is 51.2 Å². The second-order valence-corrected chi connectivity index (χ2v) is 9.94. The largest absolute Gasteiger partial charge is 0.339 e. The Labute approximate surface area is 187 Å². The van der Waals surface area contributed by atoms with Crippen molar-refractivity contribution in [2.24, 2.45) is 0 Å². The lowest BCUT2D eigenvalue weighted by Gasteiger charge is -2.46. The first-order valence-corrected chi connectivity index (χ1v) is 12.0. The van der Waals surface area contributed by atoms with Crippen molar-refractivity contribution in [3.8, 4) is 0 Å². The fourth-order valence-corrected chi connectivity index (χ4v) is 5.54. The number of hydrogen-bond donors (Lipinski definition) is 0. The molecule has 2 aromatic heterocycles. The number of amides is 1. The predicted octanol–water partition coefficient (Wildman–Crippen LogP) is 3.28. The zero-order valence-electron chi connectivity index (χ0n) is 16.6. The van der Waals surface area contributed by atoms with Crippen LogP contribution in [0.25, 0.3) is 4.96 Å². The highest BCUT2D eigenvalue weighted by Crippen LogP contribution is 2.45. The maximum absolute atomic E-state index is 13.5. The molecule has 156 valence electrons. The summed E-state index contributed by atoms with van der Waals surface area (Å²) in [5.74, 6) is 0.270. The summed E-state index contributed by atoms with van der Waals surface area (Å²) in [6, 6.07) is 9.85. The molecular formula is C22H23BrN4O2S. The summed E-state index contributed by atoms with van der Waals surface area (Å²) in [5.41, 5.74) is 1.56. The summed E-state index contributed by atoms with van der Waals surface area (Å²) in [7, 11) is 0. The molecule has 1 aliphatic heterocycles. The zero-order chi connectivity index (χ0) is 20.7. The molecule has 0 N–H and O–H groups in total. The number of thiazole rings is 1. The number of carbonyl (C=O) groups is 1. The summed E-state index contributed by atoms with van der Waals surface area (Å²) < 4.78 is 2.61. The molecule has 8 heteroatoms. The van der Waals surface area contributed by atoms with E-state index in [1.165, 1.54) is 11.3 Å². The van der Waals surface area contributed by atoms with Crippen molar-refractivity contribution in [1.82, 2.24) is 19.2 Å². The second-order valence-electron chi connectivity index (χ2n) is 8.15. The van der Waals surface area contributed by atoms with Crippen molar-refractivity contribution in [1.29, 1.82) is 0 Å². The average molecular weight is 487 g/mol. The number of nitrogens with zero attached hydrogens (tertiary/aromatic N) is 4. The quantitative estimate of drug-likeness (QED) is 0.567.